The predicted octanol–water partition coefficient (Wildman–Crippen LogP) is 4.56. The van der Waals surface area contributed by atoms with Crippen molar-refractivity contribution in [3.63, 3.8) is 0 Å². The van der Waals surface area contributed by atoms with Gasteiger partial charge in [0, 0.05) is 40.7 Å². The number of amides is 1. The van der Waals surface area contributed by atoms with Gasteiger partial charge in [0.05, 0.1) is 16.3 Å². The summed E-state index contributed by atoms with van der Waals surface area (Å²) < 4.78 is 28.5. The van der Waals surface area contributed by atoms with E-state index in [0.29, 0.717) is 29.5 Å². The molecule has 0 aliphatic carbocycles. The molecule has 0 spiro atoms. The Balaban J connectivity index is 1.63. The molecule has 0 unspecified atom stereocenters. The van der Waals surface area contributed by atoms with Gasteiger partial charge in [0.25, 0.3) is 5.91 Å². The minimum atomic E-state index is -3.58. The lowest BCUT2D eigenvalue weighted by Crippen LogP contribution is -2.30. The Labute approximate surface area is 196 Å². The second-order valence-electron chi connectivity index (χ2n) is 7.23. The molecule has 1 aromatic heterocycles. The molecule has 1 aliphatic rings. The summed E-state index contributed by atoms with van der Waals surface area (Å²) in [6, 6.07) is 13.3. The zero-order chi connectivity index (χ0) is 22.9. The van der Waals surface area contributed by atoms with Gasteiger partial charge in [0.2, 0.25) is 10.0 Å². The molecule has 3 aromatic rings. The van der Waals surface area contributed by atoms with Crippen LogP contribution in [0.2, 0.25) is 5.02 Å². The van der Waals surface area contributed by atoms with Crippen LogP contribution in [0, 0.1) is 0 Å². The molecule has 1 amide bonds. The standard InChI is InChI=1S/C22H23ClN4O3S2/c1-3-26(4-2)32(29,30)18-10-8-15(9-11-18)22(28)24-21-19-13-31-14-20(19)25-27(21)17-7-5-6-16(23)12-17/h5-12H,3-4,13-14H2,1-2H3,(H,24,28). The second kappa shape index (κ2) is 9.27. The fraction of sp³-hybridized carbons (Fsp3) is 0.273. The Morgan fingerprint density at radius 2 is 1.88 bits per heavy atom. The van der Waals surface area contributed by atoms with E-state index in [1.54, 1.807) is 42.4 Å². The number of anilines is 1. The first kappa shape index (κ1) is 22.8. The summed E-state index contributed by atoms with van der Waals surface area (Å²) >= 11 is 7.89. The second-order valence-corrected chi connectivity index (χ2v) is 10.6. The number of carbonyl (C=O) groups excluding carboxylic acids is 1. The maximum atomic E-state index is 13.0. The predicted molar refractivity (Wildman–Crippen MR) is 128 cm³/mol. The van der Waals surface area contributed by atoms with Crippen LogP contribution >= 0.6 is 23.4 Å². The Morgan fingerprint density at radius 1 is 1.16 bits per heavy atom. The highest BCUT2D eigenvalue weighted by Crippen LogP contribution is 2.36. The first-order valence-corrected chi connectivity index (χ1v) is 13.2. The highest BCUT2D eigenvalue weighted by atomic mass is 35.5. The van der Waals surface area contributed by atoms with Crippen molar-refractivity contribution in [3.8, 4) is 5.69 Å². The van der Waals surface area contributed by atoms with E-state index in [1.807, 2.05) is 12.1 Å². The summed E-state index contributed by atoms with van der Waals surface area (Å²) in [5.41, 5.74) is 3.05. The monoisotopic (exact) mass is 490 g/mol. The average Bonchev–Trinajstić information content (AvgIpc) is 3.37. The topological polar surface area (TPSA) is 84.3 Å². The maximum absolute atomic E-state index is 13.0. The van der Waals surface area contributed by atoms with Gasteiger partial charge in [-0.15, -0.1) is 0 Å². The summed E-state index contributed by atoms with van der Waals surface area (Å²) in [6.07, 6.45) is 0. The number of hydrogen-bond acceptors (Lipinski definition) is 5. The molecule has 0 atom stereocenters. The molecule has 0 fully saturated rings. The van der Waals surface area contributed by atoms with Crippen molar-refractivity contribution in [2.45, 2.75) is 30.2 Å². The zero-order valence-electron chi connectivity index (χ0n) is 17.7. The van der Waals surface area contributed by atoms with Crippen molar-refractivity contribution in [2.24, 2.45) is 0 Å². The number of sulfonamides is 1. The van der Waals surface area contributed by atoms with Crippen LogP contribution in [0.5, 0.6) is 0 Å². The molecule has 0 radical (unpaired) electrons. The van der Waals surface area contributed by atoms with E-state index in [0.717, 1.165) is 28.5 Å². The molecule has 0 saturated heterocycles. The summed E-state index contributed by atoms with van der Waals surface area (Å²) in [4.78, 5) is 13.2. The number of hydrogen-bond donors (Lipinski definition) is 1. The molecule has 4 rings (SSSR count). The number of nitrogens with one attached hydrogen (secondary N) is 1. The summed E-state index contributed by atoms with van der Waals surface area (Å²) in [7, 11) is -3.58. The minimum Gasteiger partial charge on any atom is -0.306 e. The highest BCUT2D eigenvalue weighted by molar-refractivity contribution is 7.98. The van der Waals surface area contributed by atoms with Crippen LogP contribution < -0.4 is 5.32 Å². The first-order valence-electron chi connectivity index (χ1n) is 10.2. The largest absolute Gasteiger partial charge is 0.306 e. The average molecular weight is 491 g/mol. The number of carbonyl (C=O) groups is 1. The molecule has 0 bridgehead atoms. The Bertz CT molecular complexity index is 1250. The maximum Gasteiger partial charge on any atom is 0.256 e. The molecule has 1 aliphatic heterocycles. The van der Waals surface area contributed by atoms with Crippen molar-refractivity contribution in [3.05, 3.63) is 70.4 Å². The van der Waals surface area contributed by atoms with Gasteiger partial charge in [-0.3, -0.25) is 4.79 Å². The fourth-order valence-corrected chi connectivity index (χ4v) is 6.28. The van der Waals surface area contributed by atoms with Gasteiger partial charge in [-0.05, 0) is 42.5 Å². The quantitative estimate of drug-likeness (QED) is 0.525. The molecule has 10 heteroatoms. The molecule has 168 valence electrons. The van der Waals surface area contributed by atoms with Crippen LogP contribution in [0.4, 0.5) is 5.82 Å². The summed E-state index contributed by atoms with van der Waals surface area (Å²) in [5, 5.41) is 8.22. The van der Waals surface area contributed by atoms with Gasteiger partial charge in [0.15, 0.2) is 0 Å². The van der Waals surface area contributed by atoms with Gasteiger partial charge in [-0.25, -0.2) is 13.1 Å². The molecule has 2 aromatic carbocycles. The highest BCUT2D eigenvalue weighted by Gasteiger charge is 2.26. The van der Waals surface area contributed by atoms with E-state index in [9.17, 15) is 13.2 Å². The van der Waals surface area contributed by atoms with Crippen molar-refractivity contribution in [1.82, 2.24) is 14.1 Å². The van der Waals surface area contributed by atoms with Crippen LogP contribution in [0.1, 0.15) is 35.5 Å². The molecule has 2 heterocycles. The van der Waals surface area contributed by atoms with Crippen LogP contribution in [-0.2, 0) is 21.5 Å². The van der Waals surface area contributed by atoms with Crippen LogP contribution in [0.25, 0.3) is 5.69 Å². The van der Waals surface area contributed by atoms with Gasteiger partial charge in [-0.1, -0.05) is 31.5 Å². The van der Waals surface area contributed by atoms with Gasteiger partial charge in [0.1, 0.15) is 5.82 Å². The number of rotatable bonds is 7. The smallest absolute Gasteiger partial charge is 0.256 e. The third kappa shape index (κ3) is 4.30. The van der Waals surface area contributed by atoms with Crippen molar-refractivity contribution < 1.29 is 13.2 Å². The van der Waals surface area contributed by atoms with Gasteiger partial charge >= 0.3 is 0 Å². The number of thioether (sulfide) groups is 1. The van der Waals surface area contributed by atoms with Crippen molar-refractivity contribution >= 4 is 45.1 Å². The van der Waals surface area contributed by atoms with Crippen LogP contribution in [-0.4, -0.2) is 41.5 Å². The van der Waals surface area contributed by atoms with E-state index < -0.39 is 10.0 Å². The number of halogens is 1. The Kier molecular flexibility index (Phi) is 6.62. The number of benzene rings is 2. The molecular formula is C22H23ClN4O3S2. The number of aromatic nitrogens is 2. The van der Waals surface area contributed by atoms with Crippen LogP contribution in [0.15, 0.2) is 53.4 Å². The molecule has 0 saturated carbocycles. The zero-order valence-corrected chi connectivity index (χ0v) is 20.1. The normalized spacial score (nSPS) is 13.4. The van der Waals surface area contributed by atoms with E-state index in [4.69, 9.17) is 11.6 Å². The Morgan fingerprint density at radius 3 is 2.53 bits per heavy atom. The molecule has 1 N–H and O–H groups in total. The lowest BCUT2D eigenvalue weighted by Gasteiger charge is -2.18. The molecular weight excluding hydrogens is 468 g/mol. The molecule has 32 heavy (non-hydrogen) atoms. The van der Waals surface area contributed by atoms with Gasteiger partial charge < -0.3 is 5.32 Å². The lowest BCUT2D eigenvalue weighted by molar-refractivity contribution is 0.102. The summed E-state index contributed by atoms with van der Waals surface area (Å²) in [6.45, 7) is 4.36. The van der Waals surface area contributed by atoms with Crippen molar-refractivity contribution in [1.29, 1.82) is 0 Å². The molecule has 7 nitrogen and oxygen atoms in total. The SMILES string of the molecule is CCN(CC)S(=O)(=O)c1ccc(C(=O)Nc2c3c(nn2-c2cccc(Cl)c2)CSC3)cc1. The third-order valence-corrected chi connectivity index (χ3v) is 8.57. The van der Waals surface area contributed by atoms with E-state index in [2.05, 4.69) is 10.4 Å². The third-order valence-electron chi connectivity index (χ3n) is 5.30. The van der Waals surface area contributed by atoms with Gasteiger partial charge in [-0.2, -0.15) is 21.2 Å². The van der Waals surface area contributed by atoms with E-state index >= 15 is 0 Å². The van der Waals surface area contributed by atoms with Crippen LogP contribution in [0.3, 0.4) is 0 Å². The van der Waals surface area contributed by atoms with E-state index in [1.165, 1.54) is 28.6 Å². The number of fused-ring (bicyclic) bond motifs is 1. The number of nitrogens with zero attached hydrogens (tertiary/aromatic N) is 3. The first-order chi connectivity index (χ1) is 15.3. The van der Waals surface area contributed by atoms with Crippen molar-refractivity contribution in [2.75, 3.05) is 18.4 Å². The fourth-order valence-electron chi connectivity index (χ4n) is 3.61. The van der Waals surface area contributed by atoms with E-state index in [-0.39, 0.29) is 10.8 Å². The minimum absolute atomic E-state index is 0.166. The summed E-state index contributed by atoms with van der Waals surface area (Å²) in [5.74, 6) is 1.81. The Hall–Kier alpha value is -2.33. The lowest BCUT2D eigenvalue weighted by atomic mass is 10.2.